The van der Waals surface area contributed by atoms with Gasteiger partial charge in [0.05, 0.1) is 11.0 Å². The molecule has 0 saturated heterocycles. The van der Waals surface area contributed by atoms with Crippen molar-refractivity contribution in [2.24, 2.45) is 0 Å². The van der Waals surface area contributed by atoms with Gasteiger partial charge in [0.15, 0.2) is 0 Å². The van der Waals surface area contributed by atoms with Gasteiger partial charge in [0, 0.05) is 10.7 Å². The maximum absolute atomic E-state index is 12.6. The van der Waals surface area contributed by atoms with Gasteiger partial charge >= 0.3 is 0 Å². The fourth-order valence-corrected chi connectivity index (χ4v) is 3.08. The smallest absolute Gasteiger partial charge is 0.244 e. The van der Waals surface area contributed by atoms with E-state index in [-0.39, 0.29) is 19.1 Å². The molecule has 0 aliphatic heterocycles. The van der Waals surface area contributed by atoms with Gasteiger partial charge in [0.25, 0.3) is 0 Å². The summed E-state index contributed by atoms with van der Waals surface area (Å²) < 4.78 is 7.72. The third-order valence-corrected chi connectivity index (χ3v) is 4.53. The van der Waals surface area contributed by atoms with Crippen LogP contribution in [0.2, 0.25) is 5.02 Å². The number of hydrogen-bond acceptors (Lipinski definition) is 3. The topological polar surface area (TPSA) is 56.2 Å². The molecule has 0 atom stereocenters. The van der Waals surface area contributed by atoms with E-state index in [0.717, 1.165) is 16.7 Å². The molecule has 0 unspecified atom stereocenters. The number of benzene rings is 3. The van der Waals surface area contributed by atoms with E-state index in [1.54, 1.807) is 24.3 Å². The minimum Gasteiger partial charge on any atom is -0.486 e. The lowest BCUT2D eigenvalue weighted by Gasteiger charge is -2.11. The molecule has 1 aromatic heterocycles. The van der Waals surface area contributed by atoms with E-state index < -0.39 is 0 Å². The summed E-state index contributed by atoms with van der Waals surface area (Å²) in [6.45, 7) is 0.393. The van der Waals surface area contributed by atoms with E-state index in [4.69, 9.17) is 16.3 Å². The van der Waals surface area contributed by atoms with Crippen molar-refractivity contribution in [2.45, 2.75) is 13.2 Å². The number of amides is 1. The SMILES string of the molecule is O=C(Cn1c(COc2ccc(Cl)cc2)nc2ccccc21)Nc1ccccc1. The van der Waals surface area contributed by atoms with Crippen LogP contribution in [0.25, 0.3) is 11.0 Å². The van der Waals surface area contributed by atoms with Crippen molar-refractivity contribution in [3.8, 4) is 5.75 Å². The number of carbonyl (C=O) groups excluding carboxylic acids is 1. The molecule has 0 aliphatic rings. The number of carbonyl (C=O) groups is 1. The first-order valence-corrected chi connectivity index (χ1v) is 9.24. The molecule has 4 aromatic rings. The molecule has 0 saturated carbocycles. The van der Waals surface area contributed by atoms with Gasteiger partial charge in [-0.25, -0.2) is 4.98 Å². The van der Waals surface area contributed by atoms with E-state index in [9.17, 15) is 4.79 Å². The second-order valence-corrected chi connectivity index (χ2v) is 6.70. The summed E-state index contributed by atoms with van der Waals surface area (Å²) in [5, 5.41) is 3.56. The molecule has 1 N–H and O–H groups in total. The number of nitrogens with one attached hydrogen (secondary N) is 1. The second kappa shape index (κ2) is 8.15. The van der Waals surface area contributed by atoms with Gasteiger partial charge in [-0.1, -0.05) is 41.9 Å². The summed E-state index contributed by atoms with van der Waals surface area (Å²) in [6, 6.07) is 24.3. The Kier molecular flexibility index (Phi) is 5.26. The van der Waals surface area contributed by atoms with Crippen LogP contribution in [0, 0.1) is 0 Å². The molecular weight excluding hydrogens is 374 g/mol. The average molecular weight is 392 g/mol. The summed E-state index contributed by atoms with van der Waals surface area (Å²) in [7, 11) is 0. The number of halogens is 1. The van der Waals surface area contributed by atoms with Crippen LogP contribution in [0.4, 0.5) is 5.69 Å². The van der Waals surface area contributed by atoms with E-state index >= 15 is 0 Å². The number of ether oxygens (including phenoxy) is 1. The molecule has 4 rings (SSSR count). The summed E-state index contributed by atoms with van der Waals surface area (Å²) in [5.74, 6) is 1.25. The highest BCUT2D eigenvalue weighted by molar-refractivity contribution is 6.30. The second-order valence-electron chi connectivity index (χ2n) is 6.26. The Morgan fingerprint density at radius 1 is 0.964 bits per heavy atom. The van der Waals surface area contributed by atoms with Gasteiger partial charge < -0.3 is 14.6 Å². The van der Waals surface area contributed by atoms with Crippen LogP contribution in [-0.2, 0) is 17.9 Å². The largest absolute Gasteiger partial charge is 0.486 e. The van der Waals surface area contributed by atoms with Gasteiger partial charge in [-0.15, -0.1) is 0 Å². The number of anilines is 1. The van der Waals surface area contributed by atoms with Crippen molar-refractivity contribution < 1.29 is 9.53 Å². The third-order valence-electron chi connectivity index (χ3n) is 4.27. The number of hydrogen-bond donors (Lipinski definition) is 1. The van der Waals surface area contributed by atoms with Crippen molar-refractivity contribution in [2.75, 3.05) is 5.32 Å². The van der Waals surface area contributed by atoms with Crippen molar-refractivity contribution in [1.82, 2.24) is 9.55 Å². The molecule has 0 aliphatic carbocycles. The Bertz CT molecular complexity index is 1090. The maximum atomic E-state index is 12.6. The highest BCUT2D eigenvalue weighted by atomic mass is 35.5. The van der Waals surface area contributed by atoms with Gasteiger partial charge in [0.1, 0.15) is 24.7 Å². The van der Waals surface area contributed by atoms with E-state index in [2.05, 4.69) is 10.3 Å². The van der Waals surface area contributed by atoms with Crippen LogP contribution in [0.3, 0.4) is 0 Å². The average Bonchev–Trinajstić information content (AvgIpc) is 3.06. The Hall–Kier alpha value is -3.31. The summed E-state index contributed by atoms with van der Waals surface area (Å²) >= 11 is 5.91. The Labute approximate surface area is 167 Å². The maximum Gasteiger partial charge on any atom is 0.244 e. The van der Waals surface area contributed by atoms with E-state index in [1.807, 2.05) is 59.2 Å². The quantitative estimate of drug-likeness (QED) is 0.508. The molecule has 1 heterocycles. The zero-order valence-corrected chi connectivity index (χ0v) is 15.8. The third kappa shape index (κ3) is 4.15. The van der Waals surface area contributed by atoms with Crippen LogP contribution >= 0.6 is 11.6 Å². The number of rotatable bonds is 6. The minimum atomic E-state index is -0.123. The van der Waals surface area contributed by atoms with Crippen molar-refractivity contribution in [3.63, 3.8) is 0 Å². The molecule has 140 valence electrons. The first-order valence-electron chi connectivity index (χ1n) is 8.86. The molecule has 0 fully saturated rings. The highest BCUT2D eigenvalue weighted by Crippen LogP contribution is 2.20. The number of para-hydroxylation sites is 3. The molecule has 0 bridgehead atoms. The predicted octanol–water partition coefficient (Wildman–Crippen LogP) is 4.91. The van der Waals surface area contributed by atoms with Crippen LogP contribution in [-0.4, -0.2) is 15.5 Å². The molecule has 28 heavy (non-hydrogen) atoms. The number of nitrogens with zero attached hydrogens (tertiary/aromatic N) is 2. The number of aromatic nitrogens is 2. The lowest BCUT2D eigenvalue weighted by Crippen LogP contribution is -2.20. The van der Waals surface area contributed by atoms with Crippen LogP contribution < -0.4 is 10.1 Å². The zero-order valence-electron chi connectivity index (χ0n) is 15.0. The fourth-order valence-electron chi connectivity index (χ4n) is 2.96. The van der Waals surface area contributed by atoms with Crippen LogP contribution in [0.15, 0.2) is 78.9 Å². The summed E-state index contributed by atoms with van der Waals surface area (Å²) in [5.41, 5.74) is 2.47. The first kappa shape index (κ1) is 18.1. The molecule has 6 heteroatoms. The predicted molar refractivity (Wildman–Crippen MR) is 111 cm³/mol. The van der Waals surface area contributed by atoms with Crippen molar-refractivity contribution in [1.29, 1.82) is 0 Å². The van der Waals surface area contributed by atoms with Gasteiger partial charge in [-0.05, 0) is 48.5 Å². The molecular formula is C22H18ClN3O2. The van der Waals surface area contributed by atoms with E-state index in [1.165, 1.54) is 0 Å². The van der Waals surface area contributed by atoms with Crippen LogP contribution in [0.5, 0.6) is 5.75 Å². The molecule has 0 spiro atoms. The minimum absolute atomic E-state index is 0.123. The fraction of sp³-hybridized carbons (Fsp3) is 0.0909. The molecule has 5 nitrogen and oxygen atoms in total. The van der Waals surface area contributed by atoms with Crippen molar-refractivity contribution in [3.05, 3.63) is 89.7 Å². The standard InChI is InChI=1S/C22H18ClN3O2/c23-16-10-12-18(13-11-16)28-15-21-25-19-8-4-5-9-20(19)26(21)14-22(27)24-17-6-2-1-3-7-17/h1-13H,14-15H2,(H,24,27). The lowest BCUT2D eigenvalue weighted by atomic mass is 10.3. The first-order chi connectivity index (χ1) is 13.7. The Balaban J connectivity index is 1.56. The monoisotopic (exact) mass is 391 g/mol. The highest BCUT2D eigenvalue weighted by Gasteiger charge is 2.14. The molecule has 0 radical (unpaired) electrons. The van der Waals surface area contributed by atoms with Gasteiger partial charge in [-0.3, -0.25) is 4.79 Å². The number of imidazole rings is 1. The normalized spacial score (nSPS) is 10.8. The van der Waals surface area contributed by atoms with Crippen molar-refractivity contribution >= 4 is 34.2 Å². The van der Waals surface area contributed by atoms with Crippen LogP contribution in [0.1, 0.15) is 5.82 Å². The van der Waals surface area contributed by atoms with Gasteiger partial charge in [-0.2, -0.15) is 0 Å². The van der Waals surface area contributed by atoms with Gasteiger partial charge in [0.2, 0.25) is 5.91 Å². The van der Waals surface area contributed by atoms with E-state index in [0.29, 0.717) is 16.6 Å². The number of fused-ring (bicyclic) bond motifs is 1. The zero-order chi connectivity index (χ0) is 19.3. The molecule has 3 aromatic carbocycles. The molecule has 1 amide bonds. The summed E-state index contributed by atoms with van der Waals surface area (Å²) in [4.78, 5) is 17.2. The lowest BCUT2D eigenvalue weighted by molar-refractivity contribution is -0.116. The Morgan fingerprint density at radius 2 is 1.68 bits per heavy atom. The summed E-state index contributed by atoms with van der Waals surface area (Å²) in [6.07, 6.45) is 0. The Morgan fingerprint density at radius 3 is 2.46 bits per heavy atom.